The molecule has 2 aromatic heterocycles. The molecule has 23 heavy (non-hydrogen) atoms. The zero-order chi connectivity index (χ0) is 16.0. The first-order valence-corrected chi connectivity index (χ1v) is 8.51. The predicted octanol–water partition coefficient (Wildman–Crippen LogP) is 1.73. The molecule has 4 rings (SSSR count). The van der Waals surface area contributed by atoms with Gasteiger partial charge in [0.25, 0.3) is 5.91 Å². The van der Waals surface area contributed by atoms with Crippen LogP contribution in [0.4, 0.5) is 9.93 Å². The van der Waals surface area contributed by atoms with Gasteiger partial charge in [-0.2, -0.15) is 5.10 Å². The fraction of sp³-hybridized carbons (Fsp3) is 0.467. The fourth-order valence-corrected chi connectivity index (χ4v) is 4.26. The molecule has 1 aliphatic heterocycles. The number of thiazole rings is 1. The molecule has 120 valence electrons. The highest BCUT2D eigenvalue weighted by Crippen LogP contribution is 2.34. The van der Waals surface area contributed by atoms with E-state index < -0.39 is 11.6 Å². The minimum Gasteiger partial charge on any atom is -0.321 e. The molecule has 0 bridgehead atoms. The summed E-state index contributed by atoms with van der Waals surface area (Å²) < 4.78 is 1.65. The number of fused-ring (bicyclic) bond motifs is 1. The van der Waals surface area contributed by atoms with Crippen molar-refractivity contribution in [3.05, 3.63) is 29.0 Å². The van der Waals surface area contributed by atoms with Crippen molar-refractivity contribution in [2.45, 2.75) is 44.7 Å². The van der Waals surface area contributed by atoms with Crippen molar-refractivity contribution in [2.75, 3.05) is 4.90 Å². The zero-order valence-corrected chi connectivity index (χ0v) is 13.6. The number of carbonyl (C=O) groups is 2. The lowest BCUT2D eigenvalue weighted by Crippen LogP contribution is -2.47. The van der Waals surface area contributed by atoms with Crippen molar-refractivity contribution in [1.29, 1.82) is 0 Å². The van der Waals surface area contributed by atoms with E-state index in [1.807, 2.05) is 0 Å². The van der Waals surface area contributed by atoms with Crippen LogP contribution in [0.2, 0.25) is 0 Å². The Bertz CT molecular complexity index is 745. The number of nitrogens with one attached hydrogen (secondary N) is 1. The molecule has 7 nitrogen and oxygen atoms in total. The third-order valence-electron chi connectivity index (χ3n) is 4.32. The van der Waals surface area contributed by atoms with Gasteiger partial charge in [0.15, 0.2) is 0 Å². The summed E-state index contributed by atoms with van der Waals surface area (Å²) in [5.74, 6) is -0.274. The molecule has 1 N–H and O–H groups in total. The summed E-state index contributed by atoms with van der Waals surface area (Å²) in [6.45, 7) is 2.02. The first-order chi connectivity index (χ1) is 11.1. The highest BCUT2D eigenvalue weighted by molar-refractivity contribution is 7.16. The van der Waals surface area contributed by atoms with Crippen LogP contribution in [0.15, 0.2) is 18.5 Å². The van der Waals surface area contributed by atoms with Crippen molar-refractivity contribution < 1.29 is 9.59 Å². The minimum atomic E-state index is -1.00. The van der Waals surface area contributed by atoms with Crippen LogP contribution in [0.3, 0.4) is 0 Å². The van der Waals surface area contributed by atoms with Gasteiger partial charge in [0, 0.05) is 17.3 Å². The third-order valence-corrected chi connectivity index (χ3v) is 5.47. The molecule has 1 fully saturated rings. The van der Waals surface area contributed by atoms with Crippen LogP contribution in [0, 0.1) is 0 Å². The van der Waals surface area contributed by atoms with E-state index in [1.165, 1.54) is 21.1 Å². The first kappa shape index (κ1) is 14.4. The second-order valence-electron chi connectivity index (χ2n) is 6.18. The number of hydrogen-bond donors (Lipinski definition) is 1. The molecule has 1 saturated heterocycles. The summed E-state index contributed by atoms with van der Waals surface area (Å²) in [7, 11) is 0. The van der Waals surface area contributed by atoms with Gasteiger partial charge in [0.1, 0.15) is 5.54 Å². The van der Waals surface area contributed by atoms with E-state index in [-0.39, 0.29) is 5.91 Å². The van der Waals surface area contributed by atoms with Crippen LogP contribution in [-0.2, 0) is 24.2 Å². The minimum absolute atomic E-state index is 0.274. The van der Waals surface area contributed by atoms with Gasteiger partial charge >= 0.3 is 6.03 Å². The van der Waals surface area contributed by atoms with Gasteiger partial charge in [-0.05, 0) is 38.7 Å². The van der Waals surface area contributed by atoms with E-state index in [1.54, 1.807) is 30.1 Å². The van der Waals surface area contributed by atoms with Crippen LogP contribution < -0.4 is 10.2 Å². The van der Waals surface area contributed by atoms with Crippen molar-refractivity contribution in [3.8, 4) is 0 Å². The summed E-state index contributed by atoms with van der Waals surface area (Å²) in [5.41, 5.74) is 0.0347. The largest absolute Gasteiger partial charge is 0.331 e. The molecule has 0 radical (unpaired) electrons. The summed E-state index contributed by atoms with van der Waals surface area (Å²) in [6.07, 6.45) is 7.60. The molecule has 1 atom stereocenters. The number of aromatic nitrogens is 3. The highest BCUT2D eigenvalue weighted by Gasteiger charge is 2.50. The average Bonchev–Trinajstić information content (AvgIpc) is 3.19. The van der Waals surface area contributed by atoms with E-state index >= 15 is 0 Å². The Labute approximate surface area is 137 Å². The van der Waals surface area contributed by atoms with Crippen LogP contribution in [0.25, 0.3) is 0 Å². The Morgan fingerprint density at radius 1 is 1.35 bits per heavy atom. The Morgan fingerprint density at radius 3 is 2.91 bits per heavy atom. The first-order valence-electron chi connectivity index (χ1n) is 7.69. The monoisotopic (exact) mass is 331 g/mol. The molecule has 1 aliphatic carbocycles. The maximum atomic E-state index is 12.8. The number of rotatable bonds is 3. The summed E-state index contributed by atoms with van der Waals surface area (Å²) >= 11 is 1.46. The van der Waals surface area contributed by atoms with Crippen molar-refractivity contribution in [3.63, 3.8) is 0 Å². The number of urea groups is 1. The van der Waals surface area contributed by atoms with Crippen LogP contribution in [-0.4, -0.2) is 32.2 Å². The second kappa shape index (κ2) is 5.16. The lowest BCUT2D eigenvalue weighted by atomic mass is 10.0. The smallest absolute Gasteiger partial charge is 0.321 e. The van der Waals surface area contributed by atoms with Gasteiger partial charge in [-0.25, -0.2) is 14.7 Å². The fourth-order valence-electron chi connectivity index (χ4n) is 3.12. The van der Waals surface area contributed by atoms with E-state index in [9.17, 15) is 9.59 Å². The predicted molar refractivity (Wildman–Crippen MR) is 85.4 cm³/mol. The van der Waals surface area contributed by atoms with Crippen LogP contribution in [0.5, 0.6) is 0 Å². The van der Waals surface area contributed by atoms with Crippen molar-refractivity contribution in [1.82, 2.24) is 20.1 Å². The maximum Gasteiger partial charge on any atom is 0.331 e. The Morgan fingerprint density at radius 2 is 2.17 bits per heavy atom. The molecule has 0 saturated carbocycles. The molecule has 2 aliphatic rings. The maximum absolute atomic E-state index is 12.8. The average molecular weight is 331 g/mol. The Hall–Kier alpha value is -2.22. The highest BCUT2D eigenvalue weighted by atomic mass is 32.1. The van der Waals surface area contributed by atoms with Gasteiger partial charge in [0.2, 0.25) is 5.13 Å². The molecular weight excluding hydrogens is 314 g/mol. The quantitative estimate of drug-likeness (QED) is 0.869. The zero-order valence-electron chi connectivity index (χ0n) is 12.8. The van der Waals surface area contributed by atoms with Crippen LogP contribution >= 0.6 is 11.3 Å². The Kier molecular flexibility index (Phi) is 3.22. The van der Waals surface area contributed by atoms with Crippen LogP contribution in [0.1, 0.15) is 30.3 Å². The van der Waals surface area contributed by atoms with Gasteiger partial charge in [0.05, 0.1) is 12.2 Å². The van der Waals surface area contributed by atoms with Crippen molar-refractivity contribution >= 4 is 28.4 Å². The molecule has 8 heteroatoms. The standard InChI is InChI=1S/C15H17N5O2S/c1-15(9-19-8-4-7-16-19)12(21)20(13(22)18-15)14-17-10-5-2-3-6-11(10)23-14/h4,7-8H,2-3,5-6,9H2,1H3,(H,18,22). The molecule has 0 spiro atoms. The summed E-state index contributed by atoms with van der Waals surface area (Å²) in [6, 6.07) is 1.38. The Balaban J connectivity index is 1.63. The normalized spacial score (nSPS) is 24.0. The van der Waals surface area contributed by atoms with Crippen molar-refractivity contribution in [2.24, 2.45) is 0 Å². The van der Waals surface area contributed by atoms with Gasteiger partial charge in [-0.15, -0.1) is 11.3 Å². The lowest BCUT2D eigenvalue weighted by Gasteiger charge is -2.20. The molecule has 1 unspecified atom stereocenters. The molecule has 2 aromatic rings. The number of carbonyl (C=O) groups excluding carboxylic acids is 2. The van der Waals surface area contributed by atoms with E-state index in [2.05, 4.69) is 15.4 Å². The topological polar surface area (TPSA) is 80.1 Å². The number of anilines is 1. The number of nitrogens with zero attached hydrogens (tertiary/aromatic N) is 4. The van der Waals surface area contributed by atoms with E-state index in [0.29, 0.717) is 11.7 Å². The molecule has 3 heterocycles. The SMILES string of the molecule is CC1(Cn2cccn2)NC(=O)N(c2nc3c(s2)CCCC3)C1=O. The summed E-state index contributed by atoms with van der Waals surface area (Å²) in [4.78, 5) is 32.1. The third kappa shape index (κ3) is 2.33. The van der Waals surface area contributed by atoms with E-state index in [0.717, 1.165) is 31.4 Å². The number of aryl methyl sites for hydroxylation is 2. The van der Waals surface area contributed by atoms with Gasteiger partial charge < -0.3 is 5.32 Å². The number of amides is 3. The molecule has 0 aromatic carbocycles. The van der Waals surface area contributed by atoms with Gasteiger partial charge in [-0.1, -0.05) is 0 Å². The summed E-state index contributed by atoms with van der Waals surface area (Å²) in [5, 5.41) is 7.40. The number of imide groups is 1. The molecular formula is C15H17N5O2S. The second-order valence-corrected chi connectivity index (χ2v) is 7.24. The van der Waals surface area contributed by atoms with Gasteiger partial charge in [-0.3, -0.25) is 9.48 Å². The number of hydrogen-bond acceptors (Lipinski definition) is 5. The lowest BCUT2D eigenvalue weighted by molar-refractivity contribution is -0.122. The molecule has 3 amide bonds. The van der Waals surface area contributed by atoms with E-state index in [4.69, 9.17) is 0 Å².